The van der Waals surface area contributed by atoms with Gasteiger partial charge in [0.2, 0.25) is 0 Å². The second-order valence-electron chi connectivity index (χ2n) is 4.52. The van der Waals surface area contributed by atoms with Gasteiger partial charge in [-0.2, -0.15) is 0 Å². The van der Waals surface area contributed by atoms with E-state index in [1.54, 1.807) is 0 Å². The molecule has 0 radical (unpaired) electrons. The Labute approximate surface area is 88.6 Å². The van der Waals surface area contributed by atoms with E-state index in [4.69, 9.17) is 0 Å². The Morgan fingerprint density at radius 1 is 1.50 bits per heavy atom. The summed E-state index contributed by atoms with van der Waals surface area (Å²) in [6, 6.07) is 0.730. The normalized spacial score (nSPS) is 22.0. The Morgan fingerprint density at radius 3 is 2.71 bits per heavy atom. The number of likely N-dealkylation sites (tertiary alicyclic amines) is 1. The molecule has 82 valence electrons. The zero-order valence-corrected chi connectivity index (χ0v) is 9.92. The molecule has 0 bridgehead atoms. The van der Waals surface area contributed by atoms with E-state index in [1.165, 1.54) is 44.5 Å². The molecule has 1 heterocycles. The third-order valence-corrected chi connectivity index (χ3v) is 3.16. The molecule has 1 aliphatic rings. The molecule has 0 spiro atoms. The van der Waals surface area contributed by atoms with E-state index in [0.717, 1.165) is 6.04 Å². The number of hydrogen-bond acceptors (Lipinski definition) is 2. The van der Waals surface area contributed by atoms with Crippen molar-refractivity contribution in [2.75, 3.05) is 27.2 Å². The highest BCUT2D eigenvalue weighted by atomic mass is 15.2. The lowest BCUT2D eigenvalue weighted by Gasteiger charge is -2.23. The standard InChI is InChI=1S/C12H24N2/c1-5-6-7-11(2)14-9-8-12(10-14)13(3)4/h12H,2,5-10H2,1,3-4H3. The van der Waals surface area contributed by atoms with Gasteiger partial charge in [-0.05, 0) is 33.4 Å². The zero-order chi connectivity index (χ0) is 10.6. The zero-order valence-electron chi connectivity index (χ0n) is 9.92. The SMILES string of the molecule is C=C(CCCC)N1CCC(N(C)C)C1. The minimum Gasteiger partial charge on any atom is -0.374 e. The summed E-state index contributed by atoms with van der Waals surface area (Å²) in [5.74, 6) is 0. The molecule has 0 saturated carbocycles. The number of hydrogen-bond donors (Lipinski definition) is 0. The van der Waals surface area contributed by atoms with Gasteiger partial charge in [0.15, 0.2) is 0 Å². The van der Waals surface area contributed by atoms with Crippen LogP contribution in [-0.2, 0) is 0 Å². The summed E-state index contributed by atoms with van der Waals surface area (Å²) in [6.07, 6.45) is 5.01. The molecule has 0 amide bonds. The van der Waals surface area contributed by atoms with Crippen molar-refractivity contribution in [1.29, 1.82) is 0 Å². The molecule has 2 heteroatoms. The van der Waals surface area contributed by atoms with Crippen molar-refractivity contribution in [1.82, 2.24) is 9.80 Å². The summed E-state index contributed by atoms with van der Waals surface area (Å²) >= 11 is 0. The van der Waals surface area contributed by atoms with Crippen LogP contribution in [0.5, 0.6) is 0 Å². The minimum atomic E-state index is 0.730. The first-order chi connectivity index (χ1) is 6.65. The molecular formula is C12H24N2. The molecule has 0 N–H and O–H groups in total. The fourth-order valence-corrected chi connectivity index (χ4v) is 1.99. The lowest BCUT2D eigenvalue weighted by Crippen LogP contribution is -2.31. The van der Waals surface area contributed by atoms with Crippen molar-refractivity contribution >= 4 is 0 Å². The average molecular weight is 196 g/mol. The molecule has 2 nitrogen and oxygen atoms in total. The van der Waals surface area contributed by atoms with Gasteiger partial charge in [-0.15, -0.1) is 0 Å². The Kier molecular flexibility index (Phi) is 4.46. The number of nitrogens with zero attached hydrogens (tertiary/aromatic N) is 2. The van der Waals surface area contributed by atoms with Gasteiger partial charge in [-0.3, -0.25) is 0 Å². The van der Waals surface area contributed by atoms with E-state index in [1.807, 2.05) is 0 Å². The van der Waals surface area contributed by atoms with Gasteiger partial charge >= 0.3 is 0 Å². The van der Waals surface area contributed by atoms with Crippen LogP contribution in [0.4, 0.5) is 0 Å². The van der Waals surface area contributed by atoms with Crippen molar-refractivity contribution in [2.45, 2.75) is 38.6 Å². The maximum Gasteiger partial charge on any atom is 0.0331 e. The molecule has 1 atom stereocenters. The topological polar surface area (TPSA) is 6.48 Å². The second kappa shape index (κ2) is 5.40. The summed E-state index contributed by atoms with van der Waals surface area (Å²) in [7, 11) is 4.34. The van der Waals surface area contributed by atoms with E-state index >= 15 is 0 Å². The van der Waals surface area contributed by atoms with Crippen molar-refractivity contribution in [3.63, 3.8) is 0 Å². The number of unbranched alkanes of at least 4 members (excludes halogenated alkanes) is 1. The predicted octanol–water partition coefficient (Wildman–Crippen LogP) is 2.33. The molecular weight excluding hydrogens is 172 g/mol. The van der Waals surface area contributed by atoms with Crippen molar-refractivity contribution in [3.05, 3.63) is 12.3 Å². The van der Waals surface area contributed by atoms with Crippen LogP contribution < -0.4 is 0 Å². The maximum atomic E-state index is 4.18. The first-order valence-corrected chi connectivity index (χ1v) is 5.74. The van der Waals surface area contributed by atoms with Crippen LogP contribution >= 0.6 is 0 Å². The fourth-order valence-electron chi connectivity index (χ4n) is 1.99. The Morgan fingerprint density at radius 2 is 2.21 bits per heavy atom. The quantitative estimate of drug-likeness (QED) is 0.666. The van der Waals surface area contributed by atoms with Gasteiger partial charge in [-0.1, -0.05) is 19.9 Å². The third kappa shape index (κ3) is 3.02. The summed E-state index contributed by atoms with van der Waals surface area (Å²) in [5, 5.41) is 0. The van der Waals surface area contributed by atoms with E-state index < -0.39 is 0 Å². The van der Waals surface area contributed by atoms with Gasteiger partial charge in [0.1, 0.15) is 0 Å². The molecule has 1 aliphatic heterocycles. The predicted molar refractivity (Wildman–Crippen MR) is 62.3 cm³/mol. The molecule has 0 aromatic rings. The van der Waals surface area contributed by atoms with E-state index in [9.17, 15) is 0 Å². The minimum absolute atomic E-state index is 0.730. The van der Waals surface area contributed by atoms with Crippen molar-refractivity contribution in [2.24, 2.45) is 0 Å². The van der Waals surface area contributed by atoms with Gasteiger partial charge in [0.05, 0.1) is 0 Å². The number of likely N-dealkylation sites (N-methyl/N-ethyl adjacent to an activating group) is 1. The number of rotatable bonds is 5. The highest BCUT2D eigenvalue weighted by molar-refractivity contribution is 4.99. The smallest absolute Gasteiger partial charge is 0.0331 e. The maximum absolute atomic E-state index is 4.18. The van der Waals surface area contributed by atoms with Crippen LogP contribution in [0.2, 0.25) is 0 Å². The van der Waals surface area contributed by atoms with E-state index in [0.29, 0.717) is 0 Å². The molecule has 0 aromatic carbocycles. The molecule has 1 unspecified atom stereocenters. The van der Waals surface area contributed by atoms with Crippen molar-refractivity contribution in [3.8, 4) is 0 Å². The van der Waals surface area contributed by atoms with Crippen LogP contribution in [-0.4, -0.2) is 43.0 Å². The number of allylic oxidation sites excluding steroid dienone is 1. The van der Waals surface area contributed by atoms with Crippen LogP contribution in [0.25, 0.3) is 0 Å². The molecule has 0 aromatic heterocycles. The summed E-state index contributed by atoms with van der Waals surface area (Å²) in [4.78, 5) is 4.79. The summed E-state index contributed by atoms with van der Waals surface area (Å²) < 4.78 is 0. The van der Waals surface area contributed by atoms with Gasteiger partial charge in [0.25, 0.3) is 0 Å². The molecule has 1 rings (SSSR count). The Hall–Kier alpha value is -0.500. The highest BCUT2D eigenvalue weighted by Gasteiger charge is 2.24. The first kappa shape index (κ1) is 11.6. The van der Waals surface area contributed by atoms with Gasteiger partial charge in [-0.25, -0.2) is 0 Å². The van der Waals surface area contributed by atoms with Gasteiger partial charge < -0.3 is 9.80 Å². The van der Waals surface area contributed by atoms with Crippen LogP contribution in [0, 0.1) is 0 Å². The Balaban J connectivity index is 2.30. The third-order valence-electron chi connectivity index (χ3n) is 3.16. The van der Waals surface area contributed by atoms with Crippen LogP contribution in [0.3, 0.4) is 0 Å². The molecule has 1 saturated heterocycles. The van der Waals surface area contributed by atoms with E-state index in [-0.39, 0.29) is 0 Å². The average Bonchev–Trinajstić information content (AvgIpc) is 2.62. The van der Waals surface area contributed by atoms with Gasteiger partial charge in [0, 0.05) is 24.8 Å². The molecule has 1 fully saturated rings. The monoisotopic (exact) mass is 196 g/mol. The summed E-state index contributed by atoms with van der Waals surface area (Å²) in [5.41, 5.74) is 1.34. The van der Waals surface area contributed by atoms with Crippen LogP contribution in [0.15, 0.2) is 12.3 Å². The van der Waals surface area contributed by atoms with Crippen LogP contribution in [0.1, 0.15) is 32.6 Å². The lowest BCUT2D eigenvalue weighted by atomic mass is 10.2. The first-order valence-electron chi connectivity index (χ1n) is 5.74. The van der Waals surface area contributed by atoms with Crippen molar-refractivity contribution < 1.29 is 0 Å². The van der Waals surface area contributed by atoms with E-state index in [2.05, 4.69) is 37.4 Å². The molecule has 14 heavy (non-hydrogen) atoms. The molecule has 0 aliphatic carbocycles. The summed E-state index contributed by atoms with van der Waals surface area (Å²) in [6.45, 7) is 8.79. The lowest BCUT2D eigenvalue weighted by molar-refractivity contribution is 0.288. The second-order valence-corrected chi connectivity index (χ2v) is 4.52. The Bertz CT molecular complexity index is 187. The highest BCUT2D eigenvalue weighted by Crippen LogP contribution is 2.20. The fraction of sp³-hybridized carbons (Fsp3) is 0.833. The largest absolute Gasteiger partial charge is 0.374 e.